The molecule has 9 N–H and O–H groups in total. The van der Waals surface area contributed by atoms with Gasteiger partial charge >= 0.3 is 5.97 Å². The zero-order valence-electron chi connectivity index (χ0n) is 25.3. The average Bonchev–Trinajstić information content (AvgIpc) is 3.66. The summed E-state index contributed by atoms with van der Waals surface area (Å²) < 4.78 is 0. The van der Waals surface area contributed by atoms with Crippen LogP contribution in [0.3, 0.4) is 0 Å². The van der Waals surface area contributed by atoms with E-state index in [4.69, 9.17) is 11.5 Å². The van der Waals surface area contributed by atoms with Crippen LogP contribution in [0.1, 0.15) is 52.4 Å². The highest BCUT2D eigenvalue weighted by molar-refractivity contribution is 7.98. The first-order chi connectivity index (χ1) is 20.7. The maximum Gasteiger partial charge on any atom is 0.326 e. The van der Waals surface area contributed by atoms with Gasteiger partial charge in [0.2, 0.25) is 35.4 Å². The van der Waals surface area contributed by atoms with Crippen molar-refractivity contribution < 1.29 is 43.8 Å². The van der Waals surface area contributed by atoms with Gasteiger partial charge in [-0.25, -0.2) is 4.79 Å². The van der Waals surface area contributed by atoms with Gasteiger partial charge < -0.3 is 47.4 Å². The van der Waals surface area contributed by atoms with Gasteiger partial charge in [-0.3, -0.25) is 28.8 Å². The van der Waals surface area contributed by atoms with Crippen molar-refractivity contribution in [1.82, 2.24) is 25.8 Å². The van der Waals surface area contributed by atoms with Crippen LogP contribution in [0.15, 0.2) is 0 Å². The van der Waals surface area contributed by atoms with Crippen molar-refractivity contribution in [2.75, 3.05) is 31.7 Å². The second-order valence-electron chi connectivity index (χ2n) is 11.3. The van der Waals surface area contributed by atoms with Crippen LogP contribution in [0.4, 0.5) is 0 Å². The molecule has 248 valence electrons. The average molecular weight is 644 g/mol. The number of carbonyl (C=O) groups is 7. The number of nitrogens with zero attached hydrogens (tertiary/aromatic N) is 2. The Hall–Kier alpha value is -3.44. The summed E-state index contributed by atoms with van der Waals surface area (Å²) in [5.74, 6) is -5.38. The molecule has 2 fully saturated rings. The number of aliphatic hydroxyl groups excluding tert-OH is 1. The number of carbonyl (C=O) groups excluding carboxylic acids is 6. The molecule has 2 rings (SSSR count). The Morgan fingerprint density at radius 3 is 1.84 bits per heavy atom. The molecule has 0 unspecified atom stereocenters. The molecule has 0 spiro atoms. The minimum Gasteiger partial charge on any atom is -0.480 e. The van der Waals surface area contributed by atoms with Crippen molar-refractivity contribution in [3.63, 3.8) is 0 Å². The Labute approximate surface area is 260 Å². The van der Waals surface area contributed by atoms with Crippen LogP contribution < -0.4 is 27.4 Å². The first-order valence-electron chi connectivity index (χ1n) is 14.6. The molecule has 2 aliphatic heterocycles. The van der Waals surface area contributed by atoms with E-state index in [-0.39, 0.29) is 25.3 Å². The van der Waals surface area contributed by atoms with Crippen molar-refractivity contribution in [1.29, 1.82) is 0 Å². The summed E-state index contributed by atoms with van der Waals surface area (Å²) in [7, 11) is 0. The molecule has 2 aliphatic rings. The molecular formula is C27H45N7O9S. The second-order valence-corrected chi connectivity index (χ2v) is 12.3. The molecule has 6 atom stereocenters. The van der Waals surface area contributed by atoms with Crippen LogP contribution in [0.2, 0.25) is 0 Å². The van der Waals surface area contributed by atoms with E-state index in [2.05, 4.69) is 16.0 Å². The van der Waals surface area contributed by atoms with Gasteiger partial charge in [0.25, 0.3) is 0 Å². The topological polar surface area (TPSA) is 255 Å². The molecule has 0 aliphatic carbocycles. The van der Waals surface area contributed by atoms with E-state index in [1.54, 1.807) is 20.1 Å². The van der Waals surface area contributed by atoms with E-state index in [0.29, 0.717) is 31.6 Å². The number of carboxylic acid groups (broad SMARTS) is 1. The van der Waals surface area contributed by atoms with E-state index < -0.39 is 90.7 Å². The minimum absolute atomic E-state index is 0.122. The van der Waals surface area contributed by atoms with Gasteiger partial charge in [-0.1, -0.05) is 13.8 Å². The molecule has 2 saturated heterocycles. The van der Waals surface area contributed by atoms with E-state index in [1.807, 2.05) is 0 Å². The van der Waals surface area contributed by atoms with Crippen LogP contribution in [-0.2, 0) is 33.6 Å². The number of likely N-dealkylation sites (tertiary alicyclic amines) is 2. The smallest absolute Gasteiger partial charge is 0.326 e. The van der Waals surface area contributed by atoms with Crippen LogP contribution >= 0.6 is 11.8 Å². The normalized spacial score (nSPS) is 20.9. The summed E-state index contributed by atoms with van der Waals surface area (Å²) in [5.41, 5.74) is 11.3. The van der Waals surface area contributed by atoms with Crippen molar-refractivity contribution in [3.05, 3.63) is 0 Å². The van der Waals surface area contributed by atoms with E-state index in [0.717, 1.165) is 4.90 Å². The van der Waals surface area contributed by atoms with Gasteiger partial charge in [0.15, 0.2) is 0 Å². The first kappa shape index (κ1) is 36.8. The summed E-state index contributed by atoms with van der Waals surface area (Å²) in [6.07, 6.45) is 2.86. The third kappa shape index (κ3) is 9.79. The number of amides is 6. The van der Waals surface area contributed by atoms with Crippen molar-refractivity contribution in [2.24, 2.45) is 17.4 Å². The van der Waals surface area contributed by atoms with Gasteiger partial charge in [0.1, 0.15) is 30.2 Å². The fraction of sp³-hybridized carbons (Fsp3) is 0.741. The number of primary amides is 1. The molecule has 44 heavy (non-hydrogen) atoms. The molecule has 0 bridgehead atoms. The highest BCUT2D eigenvalue weighted by Gasteiger charge is 2.41. The molecule has 6 amide bonds. The lowest BCUT2D eigenvalue weighted by Crippen LogP contribution is -2.60. The highest BCUT2D eigenvalue weighted by atomic mass is 32.2. The fourth-order valence-electron chi connectivity index (χ4n) is 5.18. The lowest BCUT2D eigenvalue weighted by atomic mass is 10.0. The molecular weight excluding hydrogens is 598 g/mol. The van der Waals surface area contributed by atoms with Crippen LogP contribution in [0.25, 0.3) is 0 Å². The number of aliphatic hydroxyl groups is 1. The van der Waals surface area contributed by atoms with Crippen LogP contribution in [-0.4, -0.2) is 129 Å². The highest BCUT2D eigenvalue weighted by Crippen LogP contribution is 2.21. The summed E-state index contributed by atoms with van der Waals surface area (Å²) in [4.78, 5) is 91.4. The third-order valence-electron chi connectivity index (χ3n) is 7.74. The molecule has 0 aromatic rings. The predicted octanol–water partition coefficient (Wildman–Crippen LogP) is -2.89. The second kappa shape index (κ2) is 17.2. The molecule has 0 aromatic heterocycles. The Morgan fingerprint density at radius 2 is 1.39 bits per heavy atom. The molecule has 0 saturated carbocycles. The predicted molar refractivity (Wildman–Crippen MR) is 160 cm³/mol. The standard InChI is InChI=1S/C27H45N7O9S/c1-14(2)21(29)26(41)34-10-5-7-19(34)24(39)31-16(12-20(28)36)22(37)32-17(13-35)25(40)33-9-4-6-18(33)23(38)30-15(27(42)43)8-11-44-3/h14-19,21,35H,4-13,29H2,1-3H3,(H2,28,36)(H,30,38)(H,31,39)(H,32,37)(H,42,43)/t15-,16-,17-,18-,19-,21-/m0/s1. The van der Waals surface area contributed by atoms with E-state index >= 15 is 0 Å². The molecule has 16 nitrogen and oxygen atoms in total. The number of hydrogen-bond donors (Lipinski definition) is 7. The zero-order chi connectivity index (χ0) is 33.1. The number of nitrogens with one attached hydrogen (secondary N) is 3. The summed E-state index contributed by atoms with van der Waals surface area (Å²) in [6.45, 7) is 3.10. The first-order valence-corrected chi connectivity index (χ1v) is 16.0. The number of nitrogens with two attached hydrogens (primary N) is 2. The molecule has 2 heterocycles. The summed E-state index contributed by atoms with van der Waals surface area (Å²) in [6, 6.07) is -6.99. The molecule has 0 radical (unpaired) electrons. The van der Waals surface area contributed by atoms with E-state index in [1.165, 1.54) is 16.7 Å². The Morgan fingerprint density at radius 1 is 0.864 bits per heavy atom. The number of thioether (sulfide) groups is 1. The number of carboxylic acids is 1. The van der Waals surface area contributed by atoms with Crippen molar-refractivity contribution in [3.8, 4) is 0 Å². The van der Waals surface area contributed by atoms with Gasteiger partial charge in [0, 0.05) is 13.1 Å². The lowest BCUT2D eigenvalue weighted by molar-refractivity contribution is -0.145. The Kier molecular flexibility index (Phi) is 14.3. The summed E-state index contributed by atoms with van der Waals surface area (Å²) in [5, 5.41) is 26.7. The number of rotatable bonds is 16. The third-order valence-corrected chi connectivity index (χ3v) is 8.39. The Bertz CT molecular complexity index is 1090. The van der Waals surface area contributed by atoms with Crippen molar-refractivity contribution >= 4 is 53.2 Å². The lowest BCUT2D eigenvalue weighted by Gasteiger charge is -2.30. The maximum atomic E-state index is 13.3. The quantitative estimate of drug-likeness (QED) is 0.0898. The van der Waals surface area contributed by atoms with Crippen LogP contribution in [0.5, 0.6) is 0 Å². The number of hydrogen-bond acceptors (Lipinski definition) is 10. The Balaban J connectivity index is 2.13. The maximum absolute atomic E-state index is 13.3. The largest absolute Gasteiger partial charge is 0.480 e. The van der Waals surface area contributed by atoms with Gasteiger partial charge in [-0.15, -0.1) is 0 Å². The van der Waals surface area contributed by atoms with Gasteiger partial charge in [-0.05, 0) is 50.0 Å². The van der Waals surface area contributed by atoms with Crippen LogP contribution in [0, 0.1) is 5.92 Å². The summed E-state index contributed by atoms with van der Waals surface area (Å²) >= 11 is 1.42. The monoisotopic (exact) mass is 643 g/mol. The zero-order valence-corrected chi connectivity index (χ0v) is 26.1. The molecule has 17 heteroatoms. The van der Waals surface area contributed by atoms with Gasteiger partial charge in [0.05, 0.1) is 19.1 Å². The van der Waals surface area contributed by atoms with Gasteiger partial charge in [-0.2, -0.15) is 11.8 Å². The molecule has 0 aromatic carbocycles. The number of aliphatic carboxylic acids is 1. The minimum atomic E-state index is -1.54. The van der Waals surface area contributed by atoms with Crippen molar-refractivity contribution in [2.45, 2.75) is 88.6 Å². The van der Waals surface area contributed by atoms with E-state index in [9.17, 15) is 43.8 Å². The fourth-order valence-corrected chi connectivity index (χ4v) is 5.65. The SMILES string of the molecule is CSCC[C@H](NC(=O)[C@@H]1CCCN1C(=O)[C@H](CO)NC(=O)[C@H](CC(N)=O)NC(=O)[C@@H]1CCCN1C(=O)[C@@H](N)C(C)C)C(=O)O.